The molecule has 0 saturated carbocycles. The first-order chi connectivity index (χ1) is 9.74. The maximum absolute atomic E-state index is 3.55. The Morgan fingerprint density at radius 1 is 0.850 bits per heavy atom. The molecule has 0 atom stereocenters. The molecule has 0 radical (unpaired) electrons. The predicted octanol–water partition coefficient (Wildman–Crippen LogP) is 6.29. The zero-order valence-corrected chi connectivity index (χ0v) is 13.5. The SMILES string of the molecule is Cc1cccc(N(c2ccccc2)c2ccc(Br)s2)c1. The van der Waals surface area contributed by atoms with Gasteiger partial charge in [-0.05, 0) is 64.8 Å². The summed E-state index contributed by atoms with van der Waals surface area (Å²) >= 11 is 5.29. The molecule has 0 unspecified atom stereocenters. The lowest BCUT2D eigenvalue weighted by Gasteiger charge is -2.23. The number of anilines is 3. The van der Waals surface area contributed by atoms with Gasteiger partial charge in [0.1, 0.15) is 5.00 Å². The second-order valence-electron chi connectivity index (χ2n) is 4.59. The van der Waals surface area contributed by atoms with Crippen LogP contribution in [0.25, 0.3) is 0 Å². The van der Waals surface area contributed by atoms with Crippen LogP contribution in [0.2, 0.25) is 0 Å². The molecule has 0 bridgehead atoms. The number of benzene rings is 2. The molecule has 0 aliphatic carbocycles. The highest BCUT2D eigenvalue weighted by Gasteiger charge is 2.13. The molecular weight excluding hydrogens is 330 g/mol. The van der Waals surface area contributed by atoms with E-state index in [2.05, 4.69) is 88.4 Å². The Balaban J connectivity index is 2.13. The summed E-state index contributed by atoms with van der Waals surface area (Å²) in [7, 11) is 0. The van der Waals surface area contributed by atoms with E-state index in [1.807, 2.05) is 6.07 Å². The standard InChI is InChI=1S/C17H14BrNS/c1-13-6-5-9-15(12-13)19(14-7-3-2-4-8-14)17-11-10-16(18)20-17/h2-12H,1H3. The van der Waals surface area contributed by atoms with Crippen molar-refractivity contribution in [2.24, 2.45) is 0 Å². The molecule has 3 heteroatoms. The molecule has 1 aromatic heterocycles. The number of hydrogen-bond donors (Lipinski definition) is 0. The first kappa shape index (κ1) is 13.4. The van der Waals surface area contributed by atoms with Crippen molar-refractivity contribution in [3.05, 3.63) is 76.1 Å². The van der Waals surface area contributed by atoms with Gasteiger partial charge in [0.2, 0.25) is 0 Å². The van der Waals surface area contributed by atoms with Gasteiger partial charge in [-0.25, -0.2) is 0 Å². The smallest absolute Gasteiger partial charge is 0.101 e. The fraction of sp³-hybridized carbons (Fsp3) is 0.0588. The number of thiophene rings is 1. The number of halogens is 1. The number of para-hydroxylation sites is 1. The fourth-order valence-electron chi connectivity index (χ4n) is 2.17. The number of nitrogens with zero attached hydrogens (tertiary/aromatic N) is 1. The molecule has 0 amide bonds. The molecule has 100 valence electrons. The van der Waals surface area contributed by atoms with Crippen LogP contribution in [0, 0.1) is 6.92 Å². The highest BCUT2D eigenvalue weighted by Crippen LogP contribution is 2.40. The summed E-state index contributed by atoms with van der Waals surface area (Å²) in [5.41, 5.74) is 3.62. The topological polar surface area (TPSA) is 3.24 Å². The van der Waals surface area contributed by atoms with E-state index in [-0.39, 0.29) is 0 Å². The normalized spacial score (nSPS) is 10.5. The van der Waals surface area contributed by atoms with Crippen LogP contribution in [0.15, 0.2) is 70.5 Å². The van der Waals surface area contributed by atoms with E-state index in [9.17, 15) is 0 Å². The van der Waals surface area contributed by atoms with E-state index in [1.54, 1.807) is 11.3 Å². The van der Waals surface area contributed by atoms with E-state index < -0.39 is 0 Å². The third-order valence-electron chi connectivity index (χ3n) is 3.05. The molecule has 0 aliphatic heterocycles. The van der Waals surface area contributed by atoms with Crippen molar-refractivity contribution in [2.45, 2.75) is 6.92 Å². The van der Waals surface area contributed by atoms with Crippen LogP contribution in [0.5, 0.6) is 0 Å². The second kappa shape index (κ2) is 5.81. The zero-order chi connectivity index (χ0) is 13.9. The summed E-state index contributed by atoms with van der Waals surface area (Å²) in [4.78, 5) is 2.28. The monoisotopic (exact) mass is 343 g/mol. The maximum atomic E-state index is 3.55. The average Bonchev–Trinajstić information content (AvgIpc) is 2.87. The fourth-order valence-corrected chi connectivity index (χ4v) is 3.58. The molecule has 0 N–H and O–H groups in total. The summed E-state index contributed by atoms with van der Waals surface area (Å²) in [6.45, 7) is 2.12. The van der Waals surface area contributed by atoms with E-state index in [1.165, 1.54) is 21.9 Å². The summed E-state index contributed by atoms with van der Waals surface area (Å²) in [6.07, 6.45) is 0. The number of aryl methyl sites for hydroxylation is 1. The lowest BCUT2D eigenvalue weighted by atomic mass is 10.2. The third-order valence-corrected chi connectivity index (χ3v) is 4.66. The molecular formula is C17H14BrNS. The lowest BCUT2D eigenvalue weighted by molar-refractivity contribution is 1.30. The third kappa shape index (κ3) is 2.79. The summed E-state index contributed by atoms with van der Waals surface area (Å²) in [6, 6.07) is 23.3. The largest absolute Gasteiger partial charge is 0.302 e. The van der Waals surface area contributed by atoms with Crippen LogP contribution in [0.3, 0.4) is 0 Å². The van der Waals surface area contributed by atoms with Gasteiger partial charge in [0.05, 0.1) is 3.79 Å². The molecule has 0 spiro atoms. The molecule has 3 aromatic rings. The average molecular weight is 344 g/mol. The van der Waals surface area contributed by atoms with Crippen molar-refractivity contribution in [1.82, 2.24) is 0 Å². The van der Waals surface area contributed by atoms with Crippen LogP contribution in [0.1, 0.15) is 5.56 Å². The Labute approximate surface area is 131 Å². The molecule has 1 heterocycles. The molecule has 0 saturated heterocycles. The molecule has 20 heavy (non-hydrogen) atoms. The van der Waals surface area contributed by atoms with Crippen LogP contribution >= 0.6 is 27.3 Å². The quantitative estimate of drug-likeness (QED) is 0.540. The second-order valence-corrected chi connectivity index (χ2v) is 7.03. The molecule has 1 nitrogen and oxygen atoms in total. The first-order valence-corrected chi connectivity index (χ1v) is 8.02. The van der Waals surface area contributed by atoms with Gasteiger partial charge in [-0.1, -0.05) is 30.3 Å². The highest BCUT2D eigenvalue weighted by atomic mass is 79.9. The van der Waals surface area contributed by atoms with E-state index in [4.69, 9.17) is 0 Å². The van der Waals surface area contributed by atoms with Gasteiger partial charge in [0, 0.05) is 11.4 Å². The van der Waals surface area contributed by atoms with E-state index >= 15 is 0 Å². The van der Waals surface area contributed by atoms with Crippen molar-refractivity contribution in [3.8, 4) is 0 Å². The molecule has 0 aliphatic rings. The zero-order valence-electron chi connectivity index (χ0n) is 11.1. The minimum atomic E-state index is 1.14. The maximum Gasteiger partial charge on any atom is 0.101 e. The van der Waals surface area contributed by atoms with Crippen molar-refractivity contribution >= 4 is 43.6 Å². The van der Waals surface area contributed by atoms with E-state index in [0.29, 0.717) is 0 Å². The Kier molecular flexibility index (Phi) is 3.90. The van der Waals surface area contributed by atoms with E-state index in [0.717, 1.165) is 3.79 Å². The number of rotatable bonds is 3. The molecule has 2 aromatic carbocycles. The van der Waals surface area contributed by atoms with Crippen molar-refractivity contribution in [2.75, 3.05) is 4.90 Å². The van der Waals surface area contributed by atoms with Crippen LogP contribution in [0.4, 0.5) is 16.4 Å². The minimum Gasteiger partial charge on any atom is -0.302 e. The summed E-state index contributed by atoms with van der Waals surface area (Å²) in [5.74, 6) is 0. The summed E-state index contributed by atoms with van der Waals surface area (Å²) < 4.78 is 1.14. The highest BCUT2D eigenvalue weighted by molar-refractivity contribution is 9.11. The Hall–Kier alpha value is -1.58. The van der Waals surface area contributed by atoms with Gasteiger partial charge >= 0.3 is 0 Å². The summed E-state index contributed by atoms with van der Waals surface area (Å²) in [5, 5.41) is 1.20. The van der Waals surface area contributed by atoms with Gasteiger partial charge in [-0.2, -0.15) is 0 Å². The Morgan fingerprint density at radius 2 is 1.60 bits per heavy atom. The lowest BCUT2D eigenvalue weighted by Crippen LogP contribution is -2.08. The van der Waals surface area contributed by atoms with Gasteiger partial charge in [0.25, 0.3) is 0 Å². The van der Waals surface area contributed by atoms with Gasteiger partial charge in [-0.3, -0.25) is 0 Å². The molecule has 3 rings (SSSR count). The Bertz CT molecular complexity index is 706. The van der Waals surface area contributed by atoms with Crippen LogP contribution in [-0.4, -0.2) is 0 Å². The van der Waals surface area contributed by atoms with Crippen LogP contribution in [-0.2, 0) is 0 Å². The predicted molar refractivity (Wildman–Crippen MR) is 91.4 cm³/mol. The van der Waals surface area contributed by atoms with Gasteiger partial charge < -0.3 is 4.90 Å². The minimum absolute atomic E-state index is 1.14. The Morgan fingerprint density at radius 3 is 2.25 bits per heavy atom. The van der Waals surface area contributed by atoms with Gasteiger partial charge in [-0.15, -0.1) is 11.3 Å². The first-order valence-electron chi connectivity index (χ1n) is 6.41. The van der Waals surface area contributed by atoms with Crippen molar-refractivity contribution in [3.63, 3.8) is 0 Å². The molecule has 0 fully saturated rings. The number of hydrogen-bond acceptors (Lipinski definition) is 2. The van der Waals surface area contributed by atoms with Crippen molar-refractivity contribution in [1.29, 1.82) is 0 Å². The van der Waals surface area contributed by atoms with Crippen molar-refractivity contribution < 1.29 is 0 Å². The van der Waals surface area contributed by atoms with Gasteiger partial charge in [0.15, 0.2) is 0 Å². The van der Waals surface area contributed by atoms with Crippen LogP contribution < -0.4 is 4.90 Å².